The Balaban J connectivity index is 1.55. The predicted octanol–water partition coefficient (Wildman–Crippen LogP) is 4.15. The third-order valence-electron chi connectivity index (χ3n) is 5.52. The first-order valence-corrected chi connectivity index (χ1v) is 11.2. The fraction of sp³-hybridized carbons (Fsp3) is 0.455. The van der Waals surface area contributed by atoms with Crippen LogP contribution in [0.1, 0.15) is 29.6 Å². The Morgan fingerprint density at radius 2 is 2.03 bits per heavy atom. The lowest BCUT2D eigenvalue weighted by Gasteiger charge is -2.26. The lowest BCUT2D eigenvalue weighted by molar-refractivity contribution is 0.0331. The second-order valence-electron chi connectivity index (χ2n) is 7.47. The molecule has 0 atom stereocenters. The molecule has 1 aliphatic heterocycles. The second-order valence-corrected chi connectivity index (χ2v) is 8.55. The van der Waals surface area contributed by atoms with Crippen molar-refractivity contribution in [2.75, 3.05) is 38.2 Å². The van der Waals surface area contributed by atoms with E-state index in [2.05, 4.69) is 10.2 Å². The number of hydrogen-bond acceptors (Lipinski definition) is 7. The number of ether oxygens (including phenoxy) is 2. The van der Waals surface area contributed by atoms with Crippen LogP contribution < -0.4 is 10.1 Å². The van der Waals surface area contributed by atoms with E-state index in [0.717, 1.165) is 73.6 Å². The normalized spacial score (nSPS) is 16.9. The molecule has 5 rings (SSSR count). The molecule has 1 fully saturated rings. The van der Waals surface area contributed by atoms with E-state index in [1.807, 2.05) is 42.5 Å². The Kier molecular flexibility index (Phi) is 5.35. The van der Waals surface area contributed by atoms with Crippen molar-refractivity contribution >= 4 is 33.1 Å². The monoisotopic (exact) mass is 410 g/mol. The van der Waals surface area contributed by atoms with Crippen LogP contribution in [0.5, 0.6) is 5.75 Å². The molecule has 152 valence electrons. The van der Waals surface area contributed by atoms with E-state index < -0.39 is 0 Å². The van der Waals surface area contributed by atoms with Crippen molar-refractivity contribution in [3.05, 3.63) is 40.5 Å². The molecule has 1 saturated heterocycles. The van der Waals surface area contributed by atoms with E-state index in [1.165, 1.54) is 22.2 Å². The van der Waals surface area contributed by atoms with Gasteiger partial charge < -0.3 is 14.8 Å². The molecule has 1 aliphatic carbocycles. The maximum atomic E-state index is 5.82. The zero-order valence-electron chi connectivity index (χ0n) is 16.7. The molecule has 2 aliphatic rings. The van der Waals surface area contributed by atoms with E-state index in [9.17, 15) is 0 Å². The third kappa shape index (κ3) is 3.82. The molecule has 29 heavy (non-hydrogen) atoms. The minimum atomic E-state index is 0.633. The number of para-hydroxylation sites is 2. The summed E-state index contributed by atoms with van der Waals surface area (Å²) in [5.41, 5.74) is 2.38. The minimum absolute atomic E-state index is 0.633. The summed E-state index contributed by atoms with van der Waals surface area (Å²) in [7, 11) is 0. The van der Waals surface area contributed by atoms with E-state index in [4.69, 9.17) is 19.4 Å². The number of fused-ring (bicyclic) bond motifs is 3. The van der Waals surface area contributed by atoms with Gasteiger partial charge in [0.25, 0.3) is 0 Å². The number of aryl methyl sites for hydroxylation is 2. The van der Waals surface area contributed by atoms with Gasteiger partial charge in [0.05, 0.1) is 37.4 Å². The maximum Gasteiger partial charge on any atom is 0.146 e. The molecule has 0 amide bonds. The fourth-order valence-electron chi connectivity index (χ4n) is 4.14. The molecule has 1 N–H and O–H groups in total. The molecule has 1 aromatic carbocycles. The Morgan fingerprint density at radius 1 is 1.17 bits per heavy atom. The first-order valence-electron chi connectivity index (χ1n) is 10.4. The van der Waals surface area contributed by atoms with Crippen LogP contribution in [-0.2, 0) is 24.1 Å². The van der Waals surface area contributed by atoms with Crippen molar-refractivity contribution in [3.63, 3.8) is 0 Å². The van der Waals surface area contributed by atoms with Crippen LogP contribution in [0.25, 0.3) is 10.2 Å². The summed E-state index contributed by atoms with van der Waals surface area (Å²) < 4.78 is 11.3. The number of aromatic nitrogens is 2. The van der Waals surface area contributed by atoms with Crippen molar-refractivity contribution in [2.24, 2.45) is 0 Å². The van der Waals surface area contributed by atoms with E-state index >= 15 is 0 Å². The molecular formula is C22H26N4O2S. The molecule has 0 bridgehead atoms. The fourth-order valence-corrected chi connectivity index (χ4v) is 5.42. The first kappa shape index (κ1) is 18.8. The van der Waals surface area contributed by atoms with Crippen molar-refractivity contribution in [2.45, 2.75) is 32.7 Å². The van der Waals surface area contributed by atoms with Gasteiger partial charge in [-0.15, -0.1) is 11.3 Å². The first-order chi connectivity index (χ1) is 14.3. The van der Waals surface area contributed by atoms with E-state index in [0.29, 0.717) is 6.61 Å². The number of nitrogens with zero attached hydrogens (tertiary/aromatic N) is 3. The highest BCUT2D eigenvalue weighted by molar-refractivity contribution is 7.19. The summed E-state index contributed by atoms with van der Waals surface area (Å²) in [6.07, 6.45) is 3.50. The number of thiophene rings is 1. The second kappa shape index (κ2) is 8.26. The molecule has 0 radical (unpaired) electrons. The standard InChI is InChI=1S/C22H26N4O2S/c1-2-28-17-8-4-3-7-16(17)23-21-20-15-6-5-9-18(15)29-22(20)25-19(24-21)14-26-10-12-27-13-11-26/h3-4,7-8H,2,5-6,9-14H2,1H3,(H,23,24,25). The van der Waals surface area contributed by atoms with Crippen LogP contribution in [0.3, 0.4) is 0 Å². The zero-order chi connectivity index (χ0) is 19.6. The van der Waals surface area contributed by atoms with Crippen molar-refractivity contribution in [1.29, 1.82) is 0 Å². The topological polar surface area (TPSA) is 59.5 Å². The zero-order valence-corrected chi connectivity index (χ0v) is 17.6. The molecule has 7 heteroatoms. The Bertz CT molecular complexity index is 1010. The smallest absolute Gasteiger partial charge is 0.146 e. The number of anilines is 2. The largest absolute Gasteiger partial charge is 0.492 e. The summed E-state index contributed by atoms with van der Waals surface area (Å²) in [6.45, 7) is 6.81. The Hall–Kier alpha value is -2.22. The lowest BCUT2D eigenvalue weighted by atomic mass is 10.2. The summed E-state index contributed by atoms with van der Waals surface area (Å²) in [6, 6.07) is 8.07. The van der Waals surface area contributed by atoms with Gasteiger partial charge in [0.2, 0.25) is 0 Å². The van der Waals surface area contributed by atoms with Crippen LogP contribution in [0.15, 0.2) is 24.3 Å². The number of rotatable bonds is 6. The molecule has 0 saturated carbocycles. The number of hydrogen-bond donors (Lipinski definition) is 1. The molecular weight excluding hydrogens is 384 g/mol. The van der Waals surface area contributed by atoms with Gasteiger partial charge in [0.1, 0.15) is 22.2 Å². The summed E-state index contributed by atoms with van der Waals surface area (Å²) in [5.74, 6) is 2.63. The number of morpholine rings is 1. The molecule has 3 heterocycles. The third-order valence-corrected chi connectivity index (χ3v) is 6.71. The lowest BCUT2D eigenvalue weighted by Crippen LogP contribution is -2.36. The maximum absolute atomic E-state index is 5.82. The van der Waals surface area contributed by atoms with Gasteiger partial charge in [0.15, 0.2) is 0 Å². The van der Waals surface area contributed by atoms with Crippen LogP contribution in [-0.4, -0.2) is 47.8 Å². The number of nitrogens with one attached hydrogen (secondary N) is 1. The highest BCUT2D eigenvalue weighted by Gasteiger charge is 2.23. The summed E-state index contributed by atoms with van der Waals surface area (Å²) in [5, 5.41) is 4.78. The van der Waals surface area contributed by atoms with Crippen LogP contribution in [0.2, 0.25) is 0 Å². The molecule has 0 unspecified atom stereocenters. The SMILES string of the molecule is CCOc1ccccc1Nc1nc(CN2CCOCC2)nc2sc3c(c12)CCC3. The quantitative estimate of drug-likeness (QED) is 0.659. The highest BCUT2D eigenvalue weighted by Crippen LogP contribution is 2.41. The van der Waals surface area contributed by atoms with Gasteiger partial charge in [-0.05, 0) is 43.9 Å². The van der Waals surface area contributed by atoms with Crippen LogP contribution >= 0.6 is 11.3 Å². The van der Waals surface area contributed by atoms with Crippen molar-refractivity contribution in [3.8, 4) is 5.75 Å². The van der Waals surface area contributed by atoms with Gasteiger partial charge in [-0.3, -0.25) is 4.90 Å². The van der Waals surface area contributed by atoms with Crippen LogP contribution in [0.4, 0.5) is 11.5 Å². The van der Waals surface area contributed by atoms with Gasteiger partial charge in [-0.1, -0.05) is 12.1 Å². The van der Waals surface area contributed by atoms with Crippen molar-refractivity contribution < 1.29 is 9.47 Å². The molecule has 6 nitrogen and oxygen atoms in total. The van der Waals surface area contributed by atoms with Gasteiger partial charge >= 0.3 is 0 Å². The molecule has 2 aromatic heterocycles. The average molecular weight is 411 g/mol. The Morgan fingerprint density at radius 3 is 2.90 bits per heavy atom. The summed E-state index contributed by atoms with van der Waals surface area (Å²) in [4.78, 5) is 14.9. The predicted molar refractivity (Wildman–Crippen MR) is 116 cm³/mol. The van der Waals surface area contributed by atoms with E-state index in [1.54, 1.807) is 0 Å². The Labute approximate surface area is 174 Å². The van der Waals surface area contributed by atoms with Crippen molar-refractivity contribution in [1.82, 2.24) is 14.9 Å². The number of benzene rings is 1. The van der Waals surface area contributed by atoms with Gasteiger partial charge in [0, 0.05) is 18.0 Å². The molecule has 3 aromatic rings. The highest BCUT2D eigenvalue weighted by atomic mass is 32.1. The van der Waals surface area contributed by atoms with Gasteiger partial charge in [-0.2, -0.15) is 0 Å². The minimum Gasteiger partial charge on any atom is -0.492 e. The average Bonchev–Trinajstić information content (AvgIpc) is 3.31. The molecule has 0 spiro atoms. The van der Waals surface area contributed by atoms with E-state index in [-0.39, 0.29) is 0 Å². The summed E-state index contributed by atoms with van der Waals surface area (Å²) >= 11 is 1.84. The van der Waals surface area contributed by atoms with Gasteiger partial charge in [-0.25, -0.2) is 9.97 Å². The van der Waals surface area contributed by atoms with Crippen LogP contribution in [0, 0.1) is 0 Å².